The Kier molecular flexibility index (Phi) is 4.16. The van der Waals surface area contributed by atoms with Crippen molar-refractivity contribution in [2.45, 2.75) is 13.5 Å². The Bertz CT molecular complexity index is 883. The Morgan fingerprint density at radius 1 is 1.25 bits per heavy atom. The van der Waals surface area contributed by atoms with Crippen molar-refractivity contribution in [3.63, 3.8) is 0 Å². The maximum atomic E-state index is 13.9. The molecule has 2 heterocycles. The van der Waals surface area contributed by atoms with Crippen LogP contribution in [-0.2, 0) is 13.6 Å². The van der Waals surface area contributed by atoms with Crippen LogP contribution >= 0.6 is 0 Å². The lowest BCUT2D eigenvalue weighted by Gasteiger charge is -2.16. The van der Waals surface area contributed by atoms with Crippen molar-refractivity contribution in [3.8, 4) is 5.69 Å². The molecule has 24 heavy (non-hydrogen) atoms. The van der Waals surface area contributed by atoms with Crippen LogP contribution in [0.15, 0.2) is 42.9 Å². The molecule has 0 bridgehead atoms. The Morgan fingerprint density at radius 3 is 2.67 bits per heavy atom. The van der Waals surface area contributed by atoms with Crippen molar-refractivity contribution in [1.29, 1.82) is 0 Å². The van der Waals surface area contributed by atoms with Gasteiger partial charge in [-0.3, -0.25) is 9.48 Å². The Labute approximate surface area is 139 Å². The molecule has 3 aromatic rings. The number of carbonyl (C=O) groups is 1. The molecule has 0 radical (unpaired) electrons. The number of hydrogen-bond acceptors (Lipinski definition) is 3. The highest BCUT2D eigenvalue weighted by Gasteiger charge is 2.20. The van der Waals surface area contributed by atoms with Gasteiger partial charge in [-0.1, -0.05) is 12.1 Å². The van der Waals surface area contributed by atoms with Gasteiger partial charge in [0.25, 0.3) is 5.91 Å². The lowest BCUT2D eigenvalue weighted by molar-refractivity contribution is 0.0784. The monoisotopic (exact) mass is 327 g/mol. The summed E-state index contributed by atoms with van der Waals surface area (Å²) in [5.41, 5.74) is 2.31. The zero-order valence-corrected chi connectivity index (χ0v) is 13.8. The second-order valence-electron chi connectivity index (χ2n) is 5.69. The summed E-state index contributed by atoms with van der Waals surface area (Å²) in [4.78, 5) is 14.2. The van der Waals surface area contributed by atoms with Crippen LogP contribution in [0.4, 0.5) is 4.39 Å². The zero-order valence-electron chi connectivity index (χ0n) is 13.8. The van der Waals surface area contributed by atoms with Crippen molar-refractivity contribution in [3.05, 3.63) is 65.5 Å². The Hall–Kier alpha value is -2.96. The van der Waals surface area contributed by atoms with Gasteiger partial charge < -0.3 is 4.90 Å². The molecule has 124 valence electrons. The Balaban J connectivity index is 1.85. The highest BCUT2D eigenvalue weighted by Crippen LogP contribution is 2.18. The van der Waals surface area contributed by atoms with Gasteiger partial charge in [-0.05, 0) is 19.1 Å². The number of aryl methyl sites for hydroxylation is 1. The van der Waals surface area contributed by atoms with Crippen molar-refractivity contribution >= 4 is 5.91 Å². The average molecular weight is 327 g/mol. The van der Waals surface area contributed by atoms with Gasteiger partial charge in [0.05, 0.1) is 23.7 Å². The number of benzene rings is 1. The predicted molar refractivity (Wildman–Crippen MR) is 87.3 cm³/mol. The van der Waals surface area contributed by atoms with Crippen LogP contribution < -0.4 is 0 Å². The number of aromatic nitrogens is 4. The SMILES string of the molecule is Cc1c(C(=O)N(C)Cc2cnn(C)c2)cnn1-c1ccccc1F. The summed E-state index contributed by atoms with van der Waals surface area (Å²) >= 11 is 0. The standard InChI is InChI=1S/C17H18FN5O/c1-12-14(9-20-23(12)16-7-5-4-6-15(16)18)17(24)21(2)10-13-8-19-22(3)11-13/h4-9,11H,10H2,1-3H3. The summed E-state index contributed by atoms with van der Waals surface area (Å²) in [5.74, 6) is -0.551. The van der Waals surface area contributed by atoms with Gasteiger partial charge in [-0.25, -0.2) is 9.07 Å². The normalized spacial score (nSPS) is 10.8. The summed E-state index contributed by atoms with van der Waals surface area (Å²) < 4.78 is 17.1. The third-order valence-corrected chi connectivity index (χ3v) is 3.85. The molecule has 0 aliphatic carbocycles. The van der Waals surface area contributed by atoms with Gasteiger partial charge in [0.2, 0.25) is 0 Å². The van der Waals surface area contributed by atoms with E-state index in [0.717, 1.165) is 5.56 Å². The summed E-state index contributed by atoms with van der Waals surface area (Å²) in [6.45, 7) is 2.20. The highest BCUT2D eigenvalue weighted by atomic mass is 19.1. The van der Waals surface area contributed by atoms with Gasteiger partial charge >= 0.3 is 0 Å². The maximum Gasteiger partial charge on any atom is 0.257 e. The van der Waals surface area contributed by atoms with Gasteiger partial charge in [0, 0.05) is 32.4 Å². The van der Waals surface area contributed by atoms with E-state index in [2.05, 4.69) is 10.2 Å². The molecule has 0 saturated carbocycles. The first-order valence-corrected chi connectivity index (χ1v) is 7.50. The topological polar surface area (TPSA) is 56.0 Å². The molecule has 0 atom stereocenters. The predicted octanol–water partition coefficient (Wildman–Crippen LogP) is 2.33. The fourth-order valence-electron chi connectivity index (χ4n) is 2.59. The van der Waals surface area contributed by atoms with Crippen molar-refractivity contribution in [1.82, 2.24) is 24.5 Å². The molecule has 7 heteroatoms. The van der Waals surface area contributed by atoms with Crippen LogP contribution in [0.2, 0.25) is 0 Å². The third-order valence-electron chi connectivity index (χ3n) is 3.85. The smallest absolute Gasteiger partial charge is 0.257 e. The number of halogens is 1. The minimum absolute atomic E-state index is 0.168. The van der Waals surface area contributed by atoms with Crippen LogP contribution in [0.3, 0.4) is 0 Å². The summed E-state index contributed by atoms with van der Waals surface area (Å²) in [6, 6.07) is 6.34. The largest absolute Gasteiger partial charge is 0.337 e. The molecule has 0 fully saturated rings. The molecule has 0 N–H and O–H groups in total. The second kappa shape index (κ2) is 6.27. The van der Waals surface area contributed by atoms with Crippen LogP contribution in [0, 0.1) is 12.7 Å². The molecular formula is C17H18FN5O. The molecular weight excluding hydrogens is 309 g/mol. The molecule has 0 unspecified atom stereocenters. The fraction of sp³-hybridized carbons (Fsp3) is 0.235. The number of para-hydroxylation sites is 1. The van der Waals surface area contributed by atoms with Crippen LogP contribution in [0.25, 0.3) is 5.69 Å². The van der Waals surface area contributed by atoms with Crippen molar-refractivity contribution < 1.29 is 9.18 Å². The van der Waals surface area contributed by atoms with Crippen molar-refractivity contribution in [2.24, 2.45) is 7.05 Å². The molecule has 1 aromatic carbocycles. The van der Waals surface area contributed by atoms with E-state index in [9.17, 15) is 9.18 Å². The zero-order chi connectivity index (χ0) is 17.3. The van der Waals surface area contributed by atoms with E-state index < -0.39 is 0 Å². The van der Waals surface area contributed by atoms with Gasteiger partial charge in [0.15, 0.2) is 0 Å². The molecule has 1 amide bonds. The van der Waals surface area contributed by atoms with E-state index in [4.69, 9.17) is 0 Å². The summed E-state index contributed by atoms with van der Waals surface area (Å²) in [7, 11) is 3.54. The van der Waals surface area contributed by atoms with Crippen molar-refractivity contribution in [2.75, 3.05) is 7.05 Å². The third kappa shape index (κ3) is 2.92. The highest BCUT2D eigenvalue weighted by molar-refractivity contribution is 5.95. The minimum atomic E-state index is -0.383. The Morgan fingerprint density at radius 2 is 2.00 bits per heavy atom. The second-order valence-corrected chi connectivity index (χ2v) is 5.69. The quantitative estimate of drug-likeness (QED) is 0.739. The van der Waals surface area contributed by atoms with E-state index in [0.29, 0.717) is 23.5 Å². The van der Waals surface area contributed by atoms with E-state index in [-0.39, 0.29) is 11.7 Å². The molecule has 0 saturated heterocycles. The maximum absolute atomic E-state index is 13.9. The first-order chi connectivity index (χ1) is 11.5. The number of hydrogen-bond donors (Lipinski definition) is 0. The van der Waals surface area contributed by atoms with Gasteiger partial charge in [-0.15, -0.1) is 0 Å². The molecule has 3 rings (SSSR count). The van der Waals surface area contributed by atoms with Gasteiger partial charge in [0.1, 0.15) is 11.5 Å². The summed E-state index contributed by atoms with van der Waals surface area (Å²) in [6.07, 6.45) is 5.06. The lowest BCUT2D eigenvalue weighted by Crippen LogP contribution is -2.26. The van der Waals surface area contributed by atoms with E-state index in [1.54, 1.807) is 47.9 Å². The van der Waals surface area contributed by atoms with E-state index in [1.165, 1.54) is 16.9 Å². The van der Waals surface area contributed by atoms with Crippen LogP contribution in [0.5, 0.6) is 0 Å². The molecule has 0 aliphatic heterocycles. The van der Waals surface area contributed by atoms with Crippen LogP contribution in [0.1, 0.15) is 21.6 Å². The molecule has 6 nitrogen and oxygen atoms in total. The molecule has 0 spiro atoms. The van der Waals surface area contributed by atoms with Crippen LogP contribution in [-0.4, -0.2) is 37.4 Å². The van der Waals surface area contributed by atoms with E-state index >= 15 is 0 Å². The fourth-order valence-corrected chi connectivity index (χ4v) is 2.59. The summed E-state index contributed by atoms with van der Waals surface area (Å²) in [5, 5.41) is 8.27. The number of carbonyl (C=O) groups excluding carboxylic acids is 1. The molecule has 0 aliphatic rings. The first kappa shape index (κ1) is 15.9. The first-order valence-electron chi connectivity index (χ1n) is 7.50. The van der Waals surface area contributed by atoms with Gasteiger partial charge in [-0.2, -0.15) is 10.2 Å². The molecule has 2 aromatic heterocycles. The number of rotatable bonds is 4. The number of amides is 1. The lowest BCUT2D eigenvalue weighted by atomic mass is 10.2. The number of nitrogens with zero attached hydrogens (tertiary/aromatic N) is 5. The average Bonchev–Trinajstić information content (AvgIpc) is 3.13. The minimum Gasteiger partial charge on any atom is -0.337 e. The van der Waals surface area contributed by atoms with E-state index in [1.807, 2.05) is 13.2 Å².